The Kier molecular flexibility index (Phi) is 4.36. The highest BCUT2D eigenvalue weighted by molar-refractivity contribution is 9.10. The van der Waals surface area contributed by atoms with Crippen LogP contribution in [0.25, 0.3) is 0 Å². The van der Waals surface area contributed by atoms with Gasteiger partial charge in [0.25, 0.3) is 5.69 Å². The van der Waals surface area contributed by atoms with Crippen molar-refractivity contribution in [2.75, 3.05) is 0 Å². The molecular formula is C14H12BrNO4. The number of non-ortho nitro benzene ring substituents is 1. The van der Waals surface area contributed by atoms with E-state index < -0.39 is 11.0 Å². The molecule has 0 radical (unpaired) electrons. The van der Waals surface area contributed by atoms with Gasteiger partial charge in [-0.05, 0) is 25.1 Å². The fourth-order valence-corrected chi connectivity index (χ4v) is 2.07. The van der Waals surface area contributed by atoms with E-state index in [0.717, 1.165) is 4.47 Å². The summed E-state index contributed by atoms with van der Waals surface area (Å²) in [4.78, 5) is 10.3. The van der Waals surface area contributed by atoms with Crippen LogP contribution in [-0.2, 0) is 0 Å². The maximum Gasteiger partial charge on any atom is 0.273 e. The molecule has 0 amide bonds. The molecule has 0 heterocycles. The van der Waals surface area contributed by atoms with Crippen molar-refractivity contribution in [2.24, 2.45) is 0 Å². The van der Waals surface area contributed by atoms with Crippen molar-refractivity contribution in [3.8, 4) is 11.5 Å². The molecule has 0 aliphatic carbocycles. The molecule has 2 rings (SSSR count). The molecule has 0 aliphatic heterocycles. The first-order chi connectivity index (χ1) is 9.47. The first-order valence-corrected chi connectivity index (χ1v) is 6.66. The lowest BCUT2D eigenvalue weighted by atomic mass is 10.1. The monoisotopic (exact) mass is 337 g/mol. The Balaban J connectivity index is 2.36. The number of rotatable bonds is 4. The minimum absolute atomic E-state index is 0.0453. The molecule has 0 aliphatic rings. The number of ether oxygens (including phenoxy) is 1. The van der Waals surface area contributed by atoms with Crippen LogP contribution in [0.4, 0.5) is 5.69 Å². The SMILES string of the molecule is CC(O)c1ccc(Br)cc1Oc1cccc([N+](=O)[O-])c1. The van der Waals surface area contributed by atoms with Gasteiger partial charge in [0.2, 0.25) is 0 Å². The highest BCUT2D eigenvalue weighted by atomic mass is 79.9. The molecular weight excluding hydrogens is 326 g/mol. The van der Waals surface area contributed by atoms with Gasteiger partial charge in [-0.2, -0.15) is 0 Å². The van der Waals surface area contributed by atoms with Crippen molar-refractivity contribution in [3.05, 3.63) is 62.6 Å². The molecule has 0 fully saturated rings. The van der Waals surface area contributed by atoms with Crippen LogP contribution in [0.1, 0.15) is 18.6 Å². The second-order valence-corrected chi connectivity index (χ2v) is 5.13. The van der Waals surface area contributed by atoms with Crippen LogP contribution >= 0.6 is 15.9 Å². The zero-order valence-corrected chi connectivity index (χ0v) is 12.2. The lowest BCUT2D eigenvalue weighted by Gasteiger charge is -2.13. The molecule has 0 bridgehead atoms. The molecule has 104 valence electrons. The lowest BCUT2D eigenvalue weighted by Crippen LogP contribution is -1.96. The Hall–Kier alpha value is -1.92. The summed E-state index contributed by atoms with van der Waals surface area (Å²) in [5.41, 5.74) is 0.566. The van der Waals surface area contributed by atoms with E-state index in [9.17, 15) is 15.2 Å². The summed E-state index contributed by atoms with van der Waals surface area (Å²) in [6.45, 7) is 1.63. The summed E-state index contributed by atoms with van der Waals surface area (Å²) >= 11 is 3.33. The normalized spacial score (nSPS) is 11.9. The molecule has 1 N–H and O–H groups in total. The molecule has 2 aromatic carbocycles. The first kappa shape index (κ1) is 14.5. The number of nitrogens with zero attached hydrogens (tertiary/aromatic N) is 1. The Labute approximate surface area is 124 Å². The van der Waals surface area contributed by atoms with Gasteiger partial charge in [-0.3, -0.25) is 10.1 Å². The van der Waals surface area contributed by atoms with Crippen molar-refractivity contribution >= 4 is 21.6 Å². The highest BCUT2D eigenvalue weighted by Gasteiger charge is 2.12. The highest BCUT2D eigenvalue weighted by Crippen LogP contribution is 2.33. The maximum absolute atomic E-state index is 10.7. The quantitative estimate of drug-likeness (QED) is 0.670. The number of halogens is 1. The van der Waals surface area contributed by atoms with Crippen molar-refractivity contribution in [1.29, 1.82) is 0 Å². The van der Waals surface area contributed by atoms with Gasteiger partial charge in [-0.15, -0.1) is 0 Å². The van der Waals surface area contributed by atoms with Gasteiger partial charge in [0.1, 0.15) is 11.5 Å². The Bertz CT molecular complexity index is 643. The van der Waals surface area contributed by atoms with Gasteiger partial charge in [0, 0.05) is 16.1 Å². The van der Waals surface area contributed by atoms with E-state index in [1.165, 1.54) is 12.1 Å². The van der Waals surface area contributed by atoms with Gasteiger partial charge < -0.3 is 9.84 Å². The van der Waals surface area contributed by atoms with E-state index in [2.05, 4.69) is 15.9 Å². The largest absolute Gasteiger partial charge is 0.457 e. The molecule has 0 saturated carbocycles. The van der Waals surface area contributed by atoms with E-state index in [0.29, 0.717) is 17.1 Å². The van der Waals surface area contributed by atoms with Crippen LogP contribution < -0.4 is 4.74 Å². The Morgan fingerprint density at radius 2 is 2.05 bits per heavy atom. The summed E-state index contributed by atoms with van der Waals surface area (Å²) in [7, 11) is 0. The van der Waals surface area contributed by atoms with Crippen LogP contribution in [0.5, 0.6) is 11.5 Å². The predicted molar refractivity (Wildman–Crippen MR) is 77.9 cm³/mol. The van der Waals surface area contributed by atoms with Crippen molar-refractivity contribution in [2.45, 2.75) is 13.0 Å². The fourth-order valence-electron chi connectivity index (χ4n) is 1.73. The van der Waals surface area contributed by atoms with E-state index >= 15 is 0 Å². The zero-order chi connectivity index (χ0) is 14.7. The second-order valence-electron chi connectivity index (χ2n) is 4.21. The van der Waals surface area contributed by atoms with Gasteiger partial charge in [-0.1, -0.05) is 28.1 Å². The number of nitro groups is 1. The Morgan fingerprint density at radius 3 is 2.70 bits per heavy atom. The Morgan fingerprint density at radius 1 is 1.30 bits per heavy atom. The van der Waals surface area contributed by atoms with E-state index in [-0.39, 0.29) is 5.69 Å². The van der Waals surface area contributed by atoms with E-state index in [1.54, 1.807) is 37.3 Å². The fraction of sp³-hybridized carbons (Fsp3) is 0.143. The van der Waals surface area contributed by atoms with Crippen molar-refractivity contribution in [1.82, 2.24) is 0 Å². The number of aliphatic hydroxyl groups is 1. The summed E-state index contributed by atoms with van der Waals surface area (Å²) in [6, 6.07) is 11.1. The van der Waals surface area contributed by atoms with Crippen LogP contribution in [0, 0.1) is 10.1 Å². The van der Waals surface area contributed by atoms with Crippen LogP contribution in [0.15, 0.2) is 46.9 Å². The third-order valence-electron chi connectivity index (χ3n) is 2.68. The summed E-state index contributed by atoms with van der Waals surface area (Å²) in [5, 5.41) is 20.5. The molecule has 6 heteroatoms. The molecule has 0 aromatic heterocycles. The standard InChI is InChI=1S/C14H12BrNO4/c1-9(17)13-6-5-10(15)7-14(13)20-12-4-2-3-11(8-12)16(18)19/h2-9,17H,1H3. The van der Waals surface area contributed by atoms with Gasteiger partial charge in [-0.25, -0.2) is 0 Å². The second kappa shape index (κ2) is 6.02. The topological polar surface area (TPSA) is 72.6 Å². The summed E-state index contributed by atoms with van der Waals surface area (Å²) in [6.07, 6.45) is -0.697. The summed E-state index contributed by atoms with van der Waals surface area (Å²) < 4.78 is 6.44. The molecule has 1 atom stereocenters. The van der Waals surface area contributed by atoms with Gasteiger partial charge >= 0.3 is 0 Å². The number of hydrogen-bond donors (Lipinski definition) is 1. The maximum atomic E-state index is 10.7. The van der Waals surface area contributed by atoms with Crippen molar-refractivity contribution < 1.29 is 14.8 Å². The molecule has 1 unspecified atom stereocenters. The molecule has 5 nitrogen and oxygen atoms in total. The average Bonchev–Trinajstić information content (AvgIpc) is 2.38. The molecule has 0 saturated heterocycles. The minimum Gasteiger partial charge on any atom is -0.457 e. The van der Waals surface area contributed by atoms with Crippen LogP contribution in [-0.4, -0.2) is 10.0 Å². The summed E-state index contributed by atoms with van der Waals surface area (Å²) in [5.74, 6) is 0.800. The van der Waals surface area contributed by atoms with E-state index in [4.69, 9.17) is 4.74 Å². The smallest absolute Gasteiger partial charge is 0.273 e. The molecule has 0 spiro atoms. The average molecular weight is 338 g/mol. The molecule has 20 heavy (non-hydrogen) atoms. The first-order valence-electron chi connectivity index (χ1n) is 5.87. The van der Waals surface area contributed by atoms with Crippen LogP contribution in [0.2, 0.25) is 0 Å². The third-order valence-corrected chi connectivity index (χ3v) is 3.18. The zero-order valence-electron chi connectivity index (χ0n) is 10.6. The number of benzene rings is 2. The number of aliphatic hydroxyl groups excluding tert-OH is 1. The minimum atomic E-state index is -0.697. The van der Waals surface area contributed by atoms with Crippen molar-refractivity contribution in [3.63, 3.8) is 0 Å². The van der Waals surface area contributed by atoms with E-state index in [1.807, 2.05) is 0 Å². The molecule has 2 aromatic rings. The van der Waals surface area contributed by atoms with Gasteiger partial charge in [0.05, 0.1) is 17.1 Å². The third kappa shape index (κ3) is 3.34. The lowest BCUT2D eigenvalue weighted by molar-refractivity contribution is -0.384. The van der Waals surface area contributed by atoms with Gasteiger partial charge in [0.15, 0.2) is 0 Å². The predicted octanol–water partition coefficient (Wildman–Crippen LogP) is 4.20. The van der Waals surface area contributed by atoms with Crippen LogP contribution in [0.3, 0.4) is 0 Å². The number of hydrogen-bond acceptors (Lipinski definition) is 4. The number of nitro benzene ring substituents is 1.